The molecular formula is C20H12O5S2. The molecule has 0 fully saturated rings. The molecule has 0 aliphatic carbocycles. The number of carbonyl (C=O) groups excluding carboxylic acids is 1. The van der Waals surface area contributed by atoms with Crippen molar-refractivity contribution >= 4 is 31.2 Å². The fourth-order valence-electron chi connectivity index (χ4n) is 3.75. The van der Waals surface area contributed by atoms with Gasteiger partial charge >= 0.3 is 5.97 Å². The second-order valence-electron chi connectivity index (χ2n) is 6.34. The molecule has 2 heterocycles. The van der Waals surface area contributed by atoms with Gasteiger partial charge in [0.05, 0.1) is 15.4 Å². The quantitative estimate of drug-likeness (QED) is 0.338. The van der Waals surface area contributed by atoms with Gasteiger partial charge < -0.3 is 19.7 Å². The molecule has 2 aliphatic heterocycles. The SMILES string of the molecule is O=C1OC2(c3ccccc31)c1ccc(O)c(S)c1Oc1c2ccc(O)c1S. The number of rotatable bonds is 0. The zero-order valence-corrected chi connectivity index (χ0v) is 15.4. The van der Waals surface area contributed by atoms with Crippen molar-refractivity contribution in [3.8, 4) is 23.0 Å². The number of phenols is 2. The Bertz CT molecular complexity index is 1100. The van der Waals surface area contributed by atoms with E-state index in [0.29, 0.717) is 22.3 Å². The van der Waals surface area contributed by atoms with Crippen molar-refractivity contribution in [1.29, 1.82) is 0 Å². The molecule has 7 heteroatoms. The van der Waals surface area contributed by atoms with Gasteiger partial charge in [0.25, 0.3) is 0 Å². The Kier molecular flexibility index (Phi) is 3.26. The first-order valence-corrected chi connectivity index (χ1v) is 8.96. The van der Waals surface area contributed by atoms with Crippen LogP contribution in [0.3, 0.4) is 0 Å². The van der Waals surface area contributed by atoms with Crippen LogP contribution in [0.4, 0.5) is 0 Å². The van der Waals surface area contributed by atoms with Crippen molar-refractivity contribution in [2.45, 2.75) is 15.4 Å². The van der Waals surface area contributed by atoms with Crippen LogP contribution >= 0.6 is 25.3 Å². The molecule has 3 aromatic carbocycles. The molecule has 2 aliphatic rings. The number of fused-ring (bicyclic) bond motifs is 6. The van der Waals surface area contributed by atoms with Gasteiger partial charge in [0.1, 0.15) is 11.5 Å². The van der Waals surface area contributed by atoms with Crippen LogP contribution in [0.1, 0.15) is 27.0 Å². The van der Waals surface area contributed by atoms with E-state index in [-0.39, 0.29) is 32.8 Å². The average molecular weight is 396 g/mol. The summed E-state index contributed by atoms with van der Waals surface area (Å²) in [6, 6.07) is 13.4. The van der Waals surface area contributed by atoms with Crippen LogP contribution in [0.2, 0.25) is 0 Å². The lowest BCUT2D eigenvalue weighted by molar-refractivity contribution is 0.0220. The molecule has 27 heavy (non-hydrogen) atoms. The summed E-state index contributed by atoms with van der Waals surface area (Å²) in [6.07, 6.45) is 0. The van der Waals surface area contributed by atoms with E-state index < -0.39 is 11.6 Å². The van der Waals surface area contributed by atoms with Gasteiger partial charge in [-0.05, 0) is 30.3 Å². The topological polar surface area (TPSA) is 76.0 Å². The van der Waals surface area contributed by atoms with Crippen LogP contribution in [0.5, 0.6) is 23.0 Å². The highest BCUT2D eigenvalue weighted by Gasteiger charge is 2.54. The minimum atomic E-state index is -1.28. The predicted molar refractivity (Wildman–Crippen MR) is 103 cm³/mol. The van der Waals surface area contributed by atoms with Gasteiger partial charge in [0, 0.05) is 16.7 Å². The van der Waals surface area contributed by atoms with Crippen LogP contribution < -0.4 is 4.74 Å². The van der Waals surface area contributed by atoms with E-state index in [1.807, 2.05) is 12.1 Å². The van der Waals surface area contributed by atoms with Gasteiger partial charge in [0.2, 0.25) is 0 Å². The molecular weight excluding hydrogens is 384 g/mol. The molecule has 0 unspecified atom stereocenters. The number of aromatic hydroxyl groups is 2. The number of hydrogen-bond donors (Lipinski definition) is 4. The standard InChI is InChI=1S/C20H12O5S2/c21-13-7-5-11-15(17(13)26)24-16-12(6-8-14(22)18(16)27)20(11)10-4-2-1-3-9(10)19(23)25-20/h1-8,21-22,26-27H. The average Bonchev–Trinajstić information content (AvgIpc) is 2.96. The van der Waals surface area contributed by atoms with Crippen LogP contribution in [0.25, 0.3) is 0 Å². The zero-order valence-electron chi connectivity index (χ0n) is 13.6. The summed E-state index contributed by atoms with van der Waals surface area (Å²) in [6.45, 7) is 0. The van der Waals surface area contributed by atoms with Crippen molar-refractivity contribution in [2.24, 2.45) is 0 Å². The minimum absolute atomic E-state index is 0.0749. The molecule has 5 rings (SSSR count). The molecule has 0 saturated carbocycles. The number of thiol groups is 2. The molecule has 5 nitrogen and oxygen atoms in total. The maximum absolute atomic E-state index is 12.7. The van der Waals surface area contributed by atoms with Gasteiger partial charge in [-0.1, -0.05) is 18.2 Å². The molecule has 0 bridgehead atoms. The van der Waals surface area contributed by atoms with Crippen LogP contribution in [-0.4, -0.2) is 16.2 Å². The monoisotopic (exact) mass is 396 g/mol. The second-order valence-corrected chi connectivity index (χ2v) is 7.23. The normalized spacial score (nSPS) is 15.6. The van der Waals surface area contributed by atoms with Crippen LogP contribution in [0, 0.1) is 0 Å². The Labute approximate surface area is 165 Å². The maximum Gasteiger partial charge on any atom is 0.340 e. The molecule has 0 saturated heterocycles. The number of carbonyl (C=O) groups is 1. The van der Waals surface area contributed by atoms with Crippen LogP contribution in [-0.2, 0) is 10.3 Å². The largest absolute Gasteiger partial charge is 0.507 e. The van der Waals surface area contributed by atoms with E-state index >= 15 is 0 Å². The highest BCUT2D eigenvalue weighted by Crippen LogP contribution is 2.60. The molecule has 0 atom stereocenters. The van der Waals surface area contributed by atoms with Crippen molar-refractivity contribution in [2.75, 3.05) is 0 Å². The van der Waals surface area contributed by atoms with Gasteiger partial charge in [0.15, 0.2) is 17.1 Å². The Morgan fingerprint density at radius 1 is 0.778 bits per heavy atom. The predicted octanol–water partition coefficient (Wildman–Crippen LogP) is 4.24. The summed E-state index contributed by atoms with van der Waals surface area (Å²) < 4.78 is 11.9. The first-order valence-electron chi connectivity index (χ1n) is 8.06. The van der Waals surface area contributed by atoms with Crippen molar-refractivity contribution in [3.05, 3.63) is 70.8 Å². The molecule has 0 radical (unpaired) electrons. The van der Waals surface area contributed by atoms with E-state index in [0.717, 1.165) is 0 Å². The fourth-order valence-corrected chi connectivity index (χ4v) is 4.23. The van der Waals surface area contributed by atoms with Crippen LogP contribution in [0.15, 0.2) is 58.3 Å². The van der Waals surface area contributed by atoms with Gasteiger partial charge in [-0.25, -0.2) is 4.79 Å². The van der Waals surface area contributed by atoms with E-state index in [9.17, 15) is 15.0 Å². The van der Waals surface area contributed by atoms with E-state index in [1.54, 1.807) is 24.3 Å². The fraction of sp³-hybridized carbons (Fsp3) is 0.0500. The number of benzene rings is 3. The van der Waals surface area contributed by atoms with Crippen molar-refractivity contribution in [3.63, 3.8) is 0 Å². The Balaban J connectivity index is 1.96. The smallest absolute Gasteiger partial charge is 0.340 e. The third-order valence-corrected chi connectivity index (χ3v) is 5.82. The summed E-state index contributed by atoms with van der Waals surface area (Å²) in [5.41, 5.74) is 0.882. The molecule has 2 N–H and O–H groups in total. The van der Waals surface area contributed by atoms with Gasteiger partial charge in [-0.15, -0.1) is 25.3 Å². The lowest BCUT2D eigenvalue weighted by atomic mass is 9.77. The van der Waals surface area contributed by atoms with Crippen molar-refractivity contribution < 1.29 is 24.5 Å². The number of hydrogen-bond acceptors (Lipinski definition) is 7. The first kappa shape index (κ1) is 16.4. The Morgan fingerprint density at radius 2 is 1.33 bits per heavy atom. The molecule has 3 aromatic rings. The third kappa shape index (κ3) is 1.95. The van der Waals surface area contributed by atoms with Gasteiger partial charge in [-0.2, -0.15) is 0 Å². The number of ether oxygens (including phenoxy) is 2. The minimum Gasteiger partial charge on any atom is -0.507 e. The Hall–Kier alpha value is -2.77. The highest BCUT2D eigenvalue weighted by molar-refractivity contribution is 7.80. The lowest BCUT2D eigenvalue weighted by Gasteiger charge is -2.37. The highest BCUT2D eigenvalue weighted by atomic mass is 32.1. The maximum atomic E-state index is 12.7. The first-order chi connectivity index (χ1) is 12.9. The molecule has 0 amide bonds. The zero-order chi connectivity index (χ0) is 18.9. The van der Waals surface area contributed by atoms with E-state index in [1.165, 1.54) is 12.1 Å². The van der Waals surface area contributed by atoms with E-state index in [2.05, 4.69) is 25.3 Å². The summed E-state index contributed by atoms with van der Waals surface area (Å²) >= 11 is 8.73. The van der Waals surface area contributed by atoms with Gasteiger partial charge in [-0.3, -0.25) is 0 Å². The van der Waals surface area contributed by atoms with E-state index in [4.69, 9.17) is 9.47 Å². The lowest BCUT2D eigenvalue weighted by Crippen LogP contribution is -2.33. The third-order valence-electron chi connectivity index (χ3n) is 4.96. The number of esters is 1. The number of phenolic OH excluding ortho intramolecular Hbond substituents is 2. The summed E-state index contributed by atoms with van der Waals surface area (Å²) in [4.78, 5) is 13.1. The summed E-state index contributed by atoms with van der Waals surface area (Å²) in [7, 11) is 0. The summed E-state index contributed by atoms with van der Waals surface area (Å²) in [5, 5.41) is 20.2. The van der Waals surface area contributed by atoms with Crippen molar-refractivity contribution in [1.82, 2.24) is 0 Å². The second kappa shape index (κ2) is 5.37. The summed E-state index contributed by atoms with van der Waals surface area (Å²) in [5.74, 6) is -0.122. The molecule has 134 valence electrons. The Morgan fingerprint density at radius 3 is 1.93 bits per heavy atom. The molecule has 1 spiro atoms. The molecule has 0 aromatic heterocycles.